The maximum absolute atomic E-state index is 13.0. The zero-order chi connectivity index (χ0) is 17.3. The molecule has 0 radical (unpaired) electrons. The van der Waals surface area contributed by atoms with Crippen molar-refractivity contribution in [2.45, 2.75) is 6.04 Å². The van der Waals surface area contributed by atoms with Gasteiger partial charge in [0.1, 0.15) is 5.82 Å². The molecule has 0 bridgehead atoms. The number of amides is 1. The van der Waals surface area contributed by atoms with Crippen LogP contribution in [0.15, 0.2) is 34.9 Å². The highest BCUT2D eigenvalue weighted by atomic mass is 79.9. The van der Waals surface area contributed by atoms with Crippen molar-refractivity contribution in [1.82, 2.24) is 14.7 Å². The Hall–Kier alpha value is -2.26. The molecule has 1 atom stereocenters. The van der Waals surface area contributed by atoms with Crippen molar-refractivity contribution in [3.63, 3.8) is 0 Å². The fraction of sp³-hybridized carbons (Fsp3) is 0.267. The Kier molecular flexibility index (Phi) is 4.63. The molecule has 7 nitrogen and oxygen atoms in total. The minimum Gasteiger partial charge on any atom is -0.480 e. The molecule has 24 heavy (non-hydrogen) atoms. The summed E-state index contributed by atoms with van der Waals surface area (Å²) in [5.41, 5.74) is 0.667. The van der Waals surface area contributed by atoms with Gasteiger partial charge in [-0.05, 0) is 40.2 Å². The predicted octanol–water partition coefficient (Wildman–Crippen LogP) is 1.70. The van der Waals surface area contributed by atoms with Gasteiger partial charge in [-0.15, -0.1) is 0 Å². The second kappa shape index (κ2) is 6.70. The highest BCUT2D eigenvalue weighted by molar-refractivity contribution is 9.10. The van der Waals surface area contributed by atoms with Gasteiger partial charge in [0.25, 0.3) is 5.91 Å². The van der Waals surface area contributed by atoms with E-state index in [1.54, 1.807) is 6.20 Å². The Morgan fingerprint density at radius 3 is 2.71 bits per heavy atom. The molecule has 126 valence electrons. The number of halogens is 2. The third-order valence-corrected chi connectivity index (χ3v) is 4.22. The molecule has 9 heteroatoms. The first-order chi connectivity index (χ1) is 11.5. The van der Waals surface area contributed by atoms with Crippen LogP contribution in [0.3, 0.4) is 0 Å². The quantitative estimate of drug-likeness (QED) is 0.851. The first-order valence-electron chi connectivity index (χ1n) is 7.10. The van der Waals surface area contributed by atoms with Crippen LogP contribution in [0.5, 0.6) is 0 Å². The average molecular weight is 398 g/mol. The molecule has 0 spiro atoms. The molecular formula is C15H13BrFN3O4. The molecule has 1 aromatic heterocycles. The number of nitrogens with zero attached hydrogens (tertiary/aromatic N) is 3. The van der Waals surface area contributed by atoms with E-state index in [-0.39, 0.29) is 31.3 Å². The predicted molar refractivity (Wildman–Crippen MR) is 84.5 cm³/mol. The van der Waals surface area contributed by atoms with E-state index in [1.807, 2.05) is 0 Å². The Balaban J connectivity index is 1.90. The van der Waals surface area contributed by atoms with Crippen LogP contribution in [0, 0.1) is 5.82 Å². The van der Waals surface area contributed by atoms with Gasteiger partial charge in [-0.2, -0.15) is 5.10 Å². The standard InChI is InChI=1S/C15H13BrFN3O4/c16-11-7-20(10-3-1-9(17)2-4-10)18-13(11)14(21)19-5-6-24-8-12(19)15(22)23/h1-4,7,12H,5-6,8H2,(H,22,23). The number of aromatic nitrogens is 2. The van der Waals surface area contributed by atoms with Gasteiger partial charge < -0.3 is 14.7 Å². The first-order valence-corrected chi connectivity index (χ1v) is 7.89. The largest absolute Gasteiger partial charge is 0.480 e. The van der Waals surface area contributed by atoms with Gasteiger partial charge in [0.05, 0.1) is 23.4 Å². The molecule has 1 fully saturated rings. The molecule has 1 aromatic carbocycles. The molecule has 1 amide bonds. The summed E-state index contributed by atoms with van der Waals surface area (Å²) in [5.74, 6) is -2.01. The number of benzene rings is 1. The van der Waals surface area contributed by atoms with Gasteiger partial charge in [-0.3, -0.25) is 4.79 Å². The number of carboxylic acid groups (broad SMARTS) is 1. The van der Waals surface area contributed by atoms with Gasteiger partial charge in [0.2, 0.25) is 0 Å². The normalized spacial score (nSPS) is 17.8. The van der Waals surface area contributed by atoms with E-state index in [2.05, 4.69) is 21.0 Å². The lowest BCUT2D eigenvalue weighted by atomic mass is 10.2. The van der Waals surface area contributed by atoms with Crippen molar-refractivity contribution in [1.29, 1.82) is 0 Å². The molecule has 1 unspecified atom stereocenters. The monoisotopic (exact) mass is 397 g/mol. The Morgan fingerprint density at radius 2 is 2.04 bits per heavy atom. The maximum atomic E-state index is 13.0. The van der Waals surface area contributed by atoms with Crippen molar-refractivity contribution >= 4 is 27.8 Å². The van der Waals surface area contributed by atoms with Crippen LogP contribution < -0.4 is 0 Å². The van der Waals surface area contributed by atoms with Gasteiger partial charge in [-0.1, -0.05) is 0 Å². The molecule has 2 aromatic rings. The van der Waals surface area contributed by atoms with Crippen molar-refractivity contribution < 1.29 is 23.8 Å². The minimum atomic E-state index is -1.13. The zero-order valence-corrected chi connectivity index (χ0v) is 13.9. The van der Waals surface area contributed by atoms with Crippen LogP contribution in [0.25, 0.3) is 5.69 Å². The SMILES string of the molecule is O=C(O)C1COCCN1C(=O)c1nn(-c2ccc(F)cc2)cc1Br. The van der Waals surface area contributed by atoms with Gasteiger partial charge in [0, 0.05) is 12.7 Å². The van der Waals surface area contributed by atoms with Crippen LogP contribution in [0.1, 0.15) is 10.5 Å². The van der Waals surface area contributed by atoms with E-state index in [9.17, 15) is 19.1 Å². The van der Waals surface area contributed by atoms with Crippen molar-refractivity contribution in [2.75, 3.05) is 19.8 Å². The Bertz CT molecular complexity index is 778. The zero-order valence-electron chi connectivity index (χ0n) is 12.4. The number of rotatable bonds is 3. The number of aliphatic carboxylic acids is 1. The summed E-state index contributed by atoms with van der Waals surface area (Å²) < 4.78 is 20.0. The summed E-state index contributed by atoms with van der Waals surface area (Å²) in [6.45, 7) is 0.384. The van der Waals surface area contributed by atoms with E-state index >= 15 is 0 Å². The molecule has 0 saturated carbocycles. The number of morpholine rings is 1. The Morgan fingerprint density at radius 1 is 1.33 bits per heavy atom. The number of ether oxygens (including phenoxy) is 1. The summed E-state index contributed by atoms with van der Waals surface area (Å²) in [4.78, 5) is 25.2. The van der Waals surface area contributed by atoms with Crippen LogP contribution in [0.4, 0.5) is 4.39 Å². The van der Waals surface area contributed by atoms with E-state index in [4.69, 9.17) is 4.74 Å². The number of hydrogen-bond acceptors (Lipinski definition) is 4. The molecule has 0 aliphatic carbocycles. The van der Waals surface area contributed by atoms with Crippen LogP contribution >= 0.6 is 15.9 Å². The van der Waals surface area contributed by atoms with Crippen LogP contribution in [-0.2, 0) is 9.53 Å². The molecule has 3 rings (SSSR count). The van der Waals surface area contributed by atoms with E-state index < -0.39 is 17.9 Å². The number of carbonyl (C=O) groups is 2. The van der Waals surface area contributed by atoms with Gasteiger partial charge in [0.15, 0.2) is 11.7 Å². The third-order valence-electron chi connectivity index (χ3n) is 3.64. The minimum absolute atomic E-state index is 0.0582. The molecule has 2 heterocycles. The van der Waals surface area contributed by atoms with Crippen molar-refractivity contribution in [3.8, 4) is 5.69 Å². The maximum Gasteiger partial charge on any atom is 0.328 e. The number of hydrogen-bond donors (Lipinski definition) is 1. The lowest BCUT2D eigenvalue weighted by Crippen LogP contribution is -2.52. The van der Waals surface area contributed by atoms with E-state index in [0.717, 1.165) is 0 Å². The summed E-state index contributed by atoms with van der Waals surface area (Å²) in [7, 11) is 0. The molecule has 1 N–H and O–H groups in total. The summed E-state index contributed by atoms with van der Waals surface area (Å²) in [5, 5.41) is 13.4. The topological polar surface area (TPSA) is 84.7 Å². The summed E-state index contributed by atoms with van der Waals surface area (Å²) in [6, 6.07) is 4.58. The molecule has 1 saturated heterocycles. The van der Waals surface area contributed by atoms with Crippen molar-refractivity contribution in [3.05, 3.63) is 46.4 Å². The highest BCUT2D eigenvalue weighted by Gasteiger charge is 2.35. The third kappa shape index (κ3) is 3.17. The number of carbonyl (C=O) groups excluding carboxylic acids is 1. The number of carboxylic acids is 1. The smallest absolute Gasteiger partial charge is 0.328 e. The second-order valence-corrected chi connectivity index (χ2v) is 6.03. The Labute approximate surface area is 144 Å². The van der Waals surface area contributed by atoms with E-state index in [1.165, 1.54) is 33.8 Å². The summed E-state index contributed by atoms with van der Waals surface area (Å²) >= 11 is 3.27. The molecular weight excluding hydrogens is 385 g/mol. The highest BCUT2D eigenvalue weighted by Crippen LogP contribution is 2.21. The fourth-order valence-corrected chi connectivity index (χ4v) is 2.85. The van der Waals surface area contributed by atoms with Gasteiger partial charge in [-0.25, -0.2) is 13.9 Å². The van der Waals surface area contributed by atoms with Crippen LogP contribution in [0.2, 0.25) is 0 Å². The molecule has 1 aliphatic rings. The van der Waals surface area contributed by atoms with Gasteiger partial charge >= 0.3 is 5.97 Å². The fourth-order valence-electron chi connectivity index (χ4n) is 2.41. The van der Waals surface area contributed by atoms with Crippen LogP contribution in [-0.4, -0.2) is 57.5 Å². The second-order valence-electron chi connectivity index (χ2n) is 5.17. The lowest BCUT2D eigenvalue weighted by Gasteiger charge is -2.32. The average Bonchev–Trinajstić information content (AvgIpc) is 2.96. The van der Waals surface area contributed by atoms with E-state index in [0.29, 0.717) is 10.2 Å². The summed E-state index contributed by atoms with van der Waals surface area (Å²) in [6.07, 6.45) is 1.57. The van der Waals surface area contributed by atoms with Crippen molar-refractivity contribution in [2.24, 2.45) is 0 Å². The molecule has 1 aliphatic heterocycles. The lowest BCUT2D eigenvalue weighted by molar-refractivity contribution is -0.147. The first kappa shape index (κ1) is 16.6.